The largest absolute Gasteiger partial charge is 0.316 e. The van der Waals surface area contributed by atoms with Crippen LogP contribution in [-0.4, -0.2) is 14.8 Å². The van der Waals surface area contributed by atoms with Crippen LogP contribution in [0.25, 0.3) is 0 Å². The van der Waals surface area contributed by atoms with Gasteiger partial charge in [0.05, 0.1) is 5.88 Å². The fourth-order valence-corrected chi connectivity index (χ4v) is 2.73. The Morgan fingerprint density at radius 2 is 1.93 bits per heavy atom. The van der Waals surface area contributed by atoms with E-state index in [4.69, 9.17) is 11.6 Å². The first-order chi connectivity index (χ1) is 6.91. The van der Waals surface area contributed by atoms with E-state index in [0.29, 0.717) is 22.6 Å². The smallest absolute Gasteiger partial charge is 0.147 e. The Morgan fingerprint density at radius 1 is 1.33 bits per heavy atom. The van der Waals surface area contributed by atoms with Crippen LogP contribution in [0.4, 0.5) is 0 Å². The second-order valence-corrected chi connectivity index (χ2v) is 5.80. The van der Waals surface area contributed by atoms with Crippen molar-refractivity contribution in [3.8, 4) is 0 Å². The second kappa shape index (κ2) is 3.21. The molecule has 1 aliphatic carbocycles. The molecule has 3 nitrogen and oxygen atoms in total. The maximum Gasteiger partial charge on any atom is 0.147 e. The summed E-state index contributed by atoms with van der Waals surface area (Å²) in [5.74, 6) is 1.99. The Balaban J connectivity index is 2.12. The Kier molecular flexibility index (Phi) is 2.34. The Hall–Kier alpha value is -0.570. The average Bonchev–Trinajstić information content (AvgIpc) is 2.59. The molecule has 1 fully saturated rings. The quantitative estimate of drug-likeness (QED) is 0.744. The summed E-state index contributed by atoms with van der Waals surface area (Å²) in [5.41, 5.74) is 0.807. The van der Waals surface area contributed by atoms with Crippen molar-refractivity contribution < 1.29 is 0 Å². The predicted molar refractivity (Wildman–Crippen MR) is 60.6 cm³/mol. The number of hydrogen-bond acceptors (Lipinski definition) is 2. The van der Waals surface area contributed by atoms with E-state index < -0.39 is 0 Å². The third-order valence-electron chi connectivity index (χ3n) is 4.51. The highest BCUT2D eigenvalue weighted by molar-refractivity contribution is 6.16. The molecule has 0 bridgehead atoms. The van der Waals surface area contributed by atoms with Gasteiger partial charge >= 0.3 is 0 Å². The molecule has 0 atom stereocenters. The van der Waals surface area contributed by atoms with Crippen LogP contribution < -0.4 is 0 Å². The molecule has 2 rings (SSSR count). The number of rotatable bonds is 3. The molecule has 1 saturated carbocycles. The fourth-order valence-electron chi connectivity index (χ4n) is 2.52. The van der Waals surface area contributed by atoms with Gasteiger partial charge in [0.2, 0.25) is 0 Å². The minimum absolute atomic E-state index is 0.404. The number of hydrogen-bond donors (Lipinski definition) is 0. The zero-order valence-electron chi connectivity index (χ0n) is 9.79. The maximum absolute atomic E-state index is 5.80. The van der Waals surface area contributed by atoms with Crippen molar-refractivity contribution >= 4 is 11.6 Å². The minimum atomic E-state index is 0.404. The van der Waals surface area contributed by atoms with Gasteiger partial charge in [-0.05, 0) is 16.7 Å². The van der Waals surface area contributed by atoms with Gasteiger partial charge in [0.15, 0.2) is 0 Å². The van der Waals surface area contributed by atoms with Crippen LogP contribution in [0.3, 0.4) is 0 Å². The van der Waals surface area contributed by atoms with Crippen molar-refractivity contribution in [2.75, 3.05) is 0 Å². The normalized spacial score (nSPS) is 23.0. The van der Waals surface area contributed by atoms with E-state index in [1.807, 2.05) is 0 Å². The highest BCUT2D eigenvalue weighted by Gasteiger charge is 2.64. The zero-order chi connectivity index (χ0) is 11.3. The molecular formula is C11H18ClN3. The number of halogens is 1. The van der Waals surface area contributed by atoms with Crippen LogP contribution in [0.1, 0.15) is 33.5 Å². The van der Waals surface area contributed by atoms with Gasteiger partial charge < -0.3 is 4.57 Å². The molecule has 0 aliphatic heterocycles. The topological polar surface area (TPSA) is 30.7 Å². The van der Waals surface area contributed by atoms with Crippen LogP contribution in [0.15, 0.2) is 6.33 Å². The average molecular weight is 228 g/mol. The fraction of sp³-hybridized carbons (Fsp3) is 0.818. The maximum atomic E-state index is 5.80. The van der Waals surface area contributed by atoms with Gasteiger partial charge in [-0.1, -0.05) is 27.7 Å². The van der Waals surface area contributed by atoms with Gasteiger partial charge in [-0.2, -0.15) is 0 Å². The van der Waals surface area contributed by atoms with Crippen molar-refractivity contribution in [3.63, 3.8) is 0 Å². The van der Waals surface area contributed by atoms with E-state index in [9.17, 15) is 0 Å². The SMILES string of the molecule is CC1(C)C(Cn2cnnc2CCl)C1(C)C. The summed E-state index contributed by atoms with van der Waals surface area (Å²) in [6.07, 6.45) is 1.78. The summed E-state index contributed by atoms with van der Waals surface area (Å²) < 4.78 is 2.08. The molecule has 0 saturated heterocycles. The molecule has 1 aliphatic rings. The third kappa shape index (κ3) is 1.48. The molecule has 84 valence electrons. The lowest BCUT2D eigenvalue weighted by atomic mass is 10.0. The number of alkyl halides is 1. The summed E-state index contributed by atoms with van der Waals surface area (Å²) >= 11 is 5.80. The molecule has 1 heterocycles. The third-order valence-corrected chi connectivity index (χ3v) is 4.75. The van der Waals surface area contributed by atoms with Gasteiger partial charge in [-0.25, -0.2) is 0 Å². The van der Waals surface area contributed by atoms with Gasteiger partial charge in [0.1, 0.15) is 12.2 Å². The lowest BCUT2D eigenvalue weighted by molar-refractivity contribution is 0.457. The summed E-state index contributed by atoms with van der Waals surface area (Å²) in [6.45, 7) is 10.3. The molecule has 0 amide bonds. The lowest BCUT2D eigenvalue weighted by Crippen LogP contribution is -2.06. The standard InChI is InChI=1S/C11H18ClN3/c1-10(2)8(11(10,3)4)6-15-7-13-14-9(15)5-12/h7-8H,5-6H2,1-4H3. The van der Waals surface area contributed by atoms with Crippen molar-refractivity contribution in [2.45, 2.75) is 40.1 Å². The van der Waals surface area contributed by atoms with Gasteiger partial charge in [0.25, 0.3) is 0 Å². The van der Waals surface area contributed by atoms with Gasteiger partial charge in [-0.15, -0.1) is 21.8 Å². The van der Waals surface area contributed by atoms with Crippen LogP contribution in [0, 0.1) is 16.7 Å². The monoisotopic (exact) mass is 227 g/mol. The highest BCUT2D eigenvalue weighted by atomic mass is 35.5. The molecular weight excluding hydrogens is 210 g/mol. The van der Waals surface area contributed by atoms with Crippen molar-refractivity contribution in [3.05, 3.63) is 12.2 Å². The molecule has 0 radical (unpaired) electrons. The van der Waals surface area contributed by atoms with Crippen LogP contribution >= 0.6 is 11.6 Å². The minimum Gasteiger partial charge on any atom is -0.316 e. The van der Waals surface area contributed by atoms with E-state index in [1.165, 1.54) is 0 Å². The van der Waals surface area contributed by atoms with Crippen molar-refractivity contribution in [2.24, 2.45) is 16.7 Å². The molecule has 0 unspecified atom stereocenters. The number of aromatic nitrogens is 3. The van der Waals surface area contributed by atoms with Crippen molar-refractivity contribution in [1.82, 2.24) is 14.8 Å². The van der Waals surface area contributed by atoms with E-state index in [2.05, 4.69) is 42.5 Å². The Bertz CT molecular complexity index is 354. The number of nitrogens with zero attached hydrogens (tertiary/aromatic N) is 3. The van der Waals surface area contributed by atoms with E-state index in [1.54, 1.807) is 6.33 Å². The van der Waals surface area contributed by atoms with Gasteiger partial charge in [0, 0.05) is 6.54 Å². The Morgan fingerprint density at radius 3 is 2.40 bits per heavy atom. The summed E-state index contributed by atoms with van der Waals surface area (Å²) in [6, 6.07) is 0. The van der Waals surface area contributed by atoms with Crippen molar-refractivity contribution in [1.29, 1.82) is 0 Å². The Labute approximate surface area is 95.8 Å². The molecule has 4 heteroatoms. The van der Waals surface area contributed by atoms with E-state index in [0.717, 1.165) is 12.4 Å². The van der Waals surface area contributed by atoms with E-state index in [-0.39, 0.29) is 0 Å². The second-order valence-electron chi connectivity index (χ2n) is 5.53. The summed E-state index contributed by atoms with van der Waals surface area (Å²) in [7, 11) is 0. The zero-order valence-corrected chi connectivity index (χ0v) is 10.5. The molecule has 1 aromatic rings. The molecule has 0 spiro atoms. The first-order valence-electron chi connectivity index (χ1n) is 5.34. The van der Waals surface area contributed by atoms with E-state index >= 15 is 0 Å². The lowest BCUT2D eigenvalue weighted by Gasteiger charge is -2.05. The summed E-state index contributed by atoms with van der Waals surface area (Å²) in [5, 5.41) is 7.89. The van der Waals surface area contributed by atoms with Crippen LogP contribution in [0.2, 0.25) is 0 Å². The highest BCUT2D eigenvalue weighted by Crippen LogP contribution is 2.68. The summed E-state index contributed by atoms with van der Waals surface area (Å²) in [4.78, 5) is 0. The predicted octanol–water partition coefficient (Wildman–Crippen LogP) is 2.70. The van der Waals surface area contributed by atoms with Crippen LogP contribution in [-0.2, 0) is 12.4 Å². The first-order valence-corrected chi connectivity index (χ1v) is 5.87. The molecule has 1 aromatic heterocycles. The molecule has 0 aromatic carbocycles. The van der Waals surface area contributed by atoms with Gasteiger partial charge in [-0.3, -0.25) is 0 Å². The molecule has 0 N–H and O–H groups in total. The first kappa shape index (κ1) is 10.9. The van der Waals surface area contributed by atoms with Crippen LogP contribution in [0.5, 0.6) is 0 Å². The molecule has 15 heavy (non-hydrogen) atoms.